The van der Waals surface area contributed by atoms with Crippen LogP contribution in [0.5, 0.6) is 0 Å². The molecule has 0 spiro atoms. The Hall–Kier alpha value is -1.65. The summed E-state index contributed by atoms with van der Waals surface area (Å²) >= 11 is 0. The zero-order chi connectivity index (χ0) is 17.1. The number of Topliss-reactive ketones (excluding diaryl/α,β-unsaturated/α-hetero) is 1. The van der Waals surface area contributed by atoms with E-state index in [1.54, 1.807) is 6.08 Å². The zero-order valence-electron chi connectivity index (χ0n) is 14.3. The van der Waals surface area contributed by atoms with E-state index in [1.807, 2.05) is 0 Å². The number of ketones is 1. The van der Waals surface area contributed by atoms with E-state index in [0.717, 1.165) is 50.5 Å². The number of carbonyl (C=O) groups is 3. The number of hydrogen-bond donors (Lipinski definition) is 0. The molecule has 0 saturated heterocycles. The summed E-state index contributed by atoms with van der Waals surface area (Å²) < 4.78 is 10.1. The molecule has 5 nitrogen and oxygen atoms in total. The molecule has 0 fully saturated rings. The number of ether oxygens (including phenoxy) is 2. The molecule has 1 unspecified atom stereocenters. The van der Waals surface area contributed by atoms with E-state index < -0.39 is 0 Å². The van der Waals surface area contributed by atoms with Crippen LogP contribution >= 0.6 is 0 Å². The molecule has 1 atom stereocenters. The molecule has 5 heteroatoms. The van der Waals surface area contributed by atoms with Crippen LogP contribution in [0.25, 0.3) is 0 Å². The predicted molar refractivity (Wildman–Crippen MR) is 86.8 cm³/mol. The molecule has 0 heterocycles. The van der Waals surface area contributed by atoms with Crippen molar-refractivity contribution in [3.05, 3.63) is 11.6 Å². The fourth-order valence-corrected chi connectivity index (χ4v) is 2.54. The first-order valence-electron chi connectivity index (χ1n) is 8.59. The summed E-state index contributed by atoms with van der Waals surface area (Å²) in [5.74, 6) is -0.391. The van der Waals surface area contributed by atoms with Crippen LogP contribution in [-0.4, -0.2) is 30.4 Å². The first-order chi connectivity index (χ1) is 11.0. The van der Waals surface area contributed by atoms with Gasteiger partial charge >= 0.3 is 11.9 Å². The van der Waals surface area contributed by atoms with E-state index in [4.69, 9.17) is 9.47 Å². The van der Waals surface area contributed by atoms with Gasteiger partial charge in [0, 0.05) is 13.3 Å². The average molecular weight is 324 g/mol. The molecule has 0 radical (unpaired) electrons. The van der Waals surface area contributed by atoms with Gasteiger partial charge in [0.05, 0.1) is 13.0 Å². The molecular formula is C18H28O5. The maximum absolute atomic E-state index is 11.8. The van der Waals surface area contributed by atoms with E-state index in [1.165, 1.54) is 6.92 Å². The van der Waals surface area contributed by atoms with Gasteiger partial charge in [-0.25, -0.2) is 0 Å². The number of carbonyl (C=O) groups excluding carboxylic acids is 3. The molecular weight excluding hydrogens is 296 g/mol. The van der Waals surface area contributed by atoms with Crippen molar-refractivity contribution in [2.75, 3.05) is 6.61 Å². The van der Waals surface area contributed by atoms with Gasteiger partial charge in [0.25, 0.3) is 0 Å². The second-order valence-corrected chi connectivity index (χ2v) is 5.96. The van der Waals surface area contributed by atoms with Gasteiger partial charge in [-0.2, -0.15) is 0 Å². The molecule has 0 N–H and O–H groups in total. The molecule has 1 rings (SSSR count). The maximum Gasteiger partial charge on any atom is 0.305 e. The Morgan fingerprint density at radius 3 is 2.61 bits per heavy atom. The van der Waals surface area contributed by atoms with Crippen LogP contribution in [0.1, 0.15) is 71.6 Å². The quantitative estimate of drug-likeness (QED) is 0.430. The highest BCUT2D eigenvalue weighted by Gasteiger charge is 2.25. The van der Waals surface area contributed by atoms with Crippen molar-refractivity contribution in [3.63, 3.8) is 0 Å². The minimum absolute atomic E-state index is 0.0794. The summed E-state index contributed by atoms with van der Waals surface area (Å²) in [6.45, 7) is 3.94. The first-order valence-corrected chi connectivity index (χ1v) is 8.59. The normalized spacial score (nSPS) is 17.0. The molecule has 0 aliphatic heterocycles. The summed E-state index contributed by atoms with van der Waals surface area (Å²) in [5.41, 5.74) is 0.773. The average Bonchev–Trinajstić information content (AvgIpc) is 2.82. The minimum atomic E-state index is -0.382. The maximum atomic E-state index is 11.8. The highest BCUT2D eigenvalue weighted by molar-refractivity contribution is 5.98. The lowest BCUT2D eigenvalue weighted by Gasteiger charge is -2.05. The lowest BCUT2D eigenvalue weighted by Crippen LogP contribution is -2.12. The van der Waals surface area contributed by atoms with Crippen LogP contribution < -0.4 is 0 Å². The third-order valence-electron chi connectivity index (χ3n) is 3.79. The van der Waals surface area contributed by atoms with Crippen molar-refractivity contribution in [1.82, 2.24) is 0 Å². The van der Waals surface area contributed by atoms with Crippen molar-refractivity contribution in [2.45, 2.75) is 77.7 Å². The lowest BCUT2D eigenvalue weighted by atomic mass is 10.0. The Labute approximate surface area is 138 Å². The second kappa shape index (κ2) is 11.0. The van der Waals surface area contributed by atoms with Crippen molar-refractivity contribution in [3.8, 4) is 0 Å². The van der Waals surface area contributed by atoms with E-state index in [2.05, 4.69) is 6.92 Å². The summed E-state index contributed by atoms with van der Waals surface area (Å²) in [4.78, 5) is 34.1. The Kier molecular flexibility index (Phi) is 9.25. The number of rotatable bonds is 11. The van der Waals surface area contributed by atoms with Gasteiger partial charge in [0.15, 0.2) is 5.78 Å². The van der Waals surface area contributed by atoms with Gasteiger partial charge in [-0.1, -0.05) is 26.2 Å². The Balaban J connectivity index is 2.07. The van der Waals surface area contributed by atoms with Crippen LogP contribution in [0.15, 0.2) is 11.6 Å². The van der Waals surface area contributed by atoms with E-state index in [-0.39, 0.29) is 30.2 Å². The fraction of sp³-hybridized carbons (Fsp3) is 0.722. The minimum Gasteiger partial charge on any atom is -0.466 e. The monoisotopic (exact) mass is 324 g/mol. The Morgan fingerprint density at radius 2 is 1.91 bits per heavy atom. The van der Waals surface area contributed by atoms with E-state index in [0.29, 0.717) is 13.0 Å². The number of allylic oxidation sites excluding steroid dienone is 1. The van der Waals surface area contributed by atoms with Crippen molar-refractivity contribution in [1.29, 1.82) is 0 Å². The van der Waals surface area contributed by atoms with E-state index in [9.17, 15) is 14.4 Å². The lowest BCUT2D eigenvalue weighted by molar-refractivity contribution is -0.145. The molecule has 1 aliphatic rings. The SMILES string of the molecule is CCCCOC(=O)CCCCCCC1=CC(OC(C)=O)CC1=O. The third kappa shape index (κ3) is 8.53. The summed E-state index contributed by atoms with van der Waals surface area (Å²) in [6, 6.07) is 0. The molecule has 0 aromatic carbocycles. The second-order valence-electron chi connectivity index (χ2n) is 5.96. The van der Waals surface area contributed by atoms with Gasteiger partial charge in [0.1, 0.15) is 6.10 Å². The summed E-state index contributed by atoms with van der Waals surface area (Å²) in [5, 5.41) is 0. The molecule has 23 heavy (non-hydrogen) atoms. The fourth-order valence-electron chi connectivity index (χ4n) is 2.54. The molecule has 0 aromatic rings. The van der Waals surface area contributed by atoms with Crippen molar-refractivity contribution in [2.24, 2.45) is 0 Å². The number of esters is 2. The van der Waals surface area contributed by atoms with Gasteiger partial charge < -0.3 is 9.47 Å². The molecule has 1 aliphatic carbocycles. The number of hydrogen-bond acceptors (Lipinski definition) is 5. The molecule has 130 valence electrons. The van der Waals surface area contributed by atoms with E-state index >= 15 is 0 Å². The largest absolute Gasteiger partial charge is 0.466 e. The van der Waals surface area contributed by atoms with Crippen LogP contribution in [0.3, 0.4) is 0 Å². The van der Waals surface area contributed by atoms with Crippen molar-refractivity contribution < 1.29 is 23.9 Å². The smallest absolute Gasteiger partial charge is 0.305 e. The molecule has 0 saturated carbocycles. The molecule has 0 amide bonds. The Morgan fingerprint density at radius 1 is 1.17 bits per heavy atom. The molecule has 0 bridgehead atoms. The van der Waals surface area contributed by atoms with Gasteiger partial charge in [-0.3, -0.25) is 14.4 Å². The van der Waals surface area contributed by atoms with Crippen LogP contribution in [-0.2, 0) is 23.9 Å². The summed E-state index contributed by atoms with van der Waals surface area (Å²) in [6.07, 6.45) is 8.48. The predicted octanol–water partition coefficient (Wildman–Crippen LogP) is 3.50. The highest BCUT2D eigenvalue weighted by atomic mass is 16.5. The third-order valence-corrected chi connectivity index (χ3v) is 3.79. The molecule has 0 aromatic heterocycles. The highest BCUT2D eigenvalue weighted by Crippen LogP contribution is 2.23. The standard InChI is InChI=1S/C18H28O5/c1-3-4-11-22-18(21)10-8-6-5-7-9-15-12-16(13-17(15)20)23-14(2)19/h12,16H,3-11,13H2,1-2H3. The van der Waals surface area contributed by atoms with Gasteiger partial charge in [0.2, 0.25) is 0 Å². The zero-order valence-corrected chi connectivity index (χ0v) is 14.3. The van der Waals surface area contributed by atoms with Crippen LogP contribution in [0.4, 0.5) is 0 Å². The van der Waals surface area contributed by atoms with Gasteiger partial charge in [-0.15, -0.1) is 0 Å². The summed E-state index contributed by atoms with van der Waals surface area (Å²) in [7, 11) is 0. The van der Waals surface area contributed by atoms with Gasteiger partial charge in [-0.05, 0) is 37.3 Å². The topological polar surface area (TPSA) is 69.7 Å². The van der Waals surface area contributed by atoms with Crippen LogP contribution in [0, 0.1) is 0 Å². The first kappa shape index (κ1) is 19.4. The Bertz CT molecular complexity index is 439. The number of unbranched alkanes of at least 4 members (excludes halogenated alkanes) is 4. The van der Waals surface area contributed by atoms with Crippen LogP contribution in [0.2, 0.25) is 0 Å². The van der Waals surface area contributed by atoms with Crippen molar-refractivity contribution >= 4 is 17.7 Å².